The maximum atomic E-state index is 2.38. The van der Waals surface area contributed by atoms with Crippen LogP contribution in [0, 0.1) is 0 Å². The van der Waals surface area contributed by atoms with Crippen LogP contribution in [0.3, 0.4) is 0 Å². The normalized spacial score (nSPS) is 10.3. The van der Waals surface area contributed by atoms with Crippen LogP contribution in [0.25, 0.3) is 0 Å². The molecule has 0 amide bonds. The predicted octanol–water partition coefficient (Wildman–Crippen LogP) is 4.90. The van der Waals surface area contributed by atoms with E-state index in [1.54, 1.807) is 0 Å². The first kappa shape index (κ1) is 23.2. The molecule has 0 heterocycles. The third kappa shape index (κ3) is 6.71. The van der Waals surface area contributed by atoms with Crippen LogP contribution in [0.4, 0.5) is 0 Å². The van der Waals surface area contributed by atoms with Gasteiger partial charge in [0, 0.05) is 0 Å². The first-order chi connectivity index (χ1) is 4.24. The van der Waals surface area contributed by atoms with Gasteiger partial charge in [0.2, 0.25) is 0 Å². The average Bonchev–Trinajstić information content (AvgIpc) is 1.95. The number of hydrogen-bond acceptors (Lipinski definition) is 1. The van der Waals surface area contributed by atoms with E-state index >= 15 is 0 Å². The van der Waals surface area contributed by atoms with Gasteiger partial charge in [-0.15, -0.1) is 24.8 Å². The zero-order valence-electron chi connectivity index (χ0n) is 8.67. The van der Waals surface area contributed by atoms with Crippen molar-refractivity contribution in [3.8, 4) is 0 Å². The molecule has 0 bridgehead atoms. The predicted molar refractivity (Wildman–Crippen MR) is 61.4 cm³/mol. The van der Waals surface area contributed by atoms with Crippen molar-refractivity contribution in [1.29, 1.82) is 0 Å². The number of rotatable bonds is 4. The number of halogens is 2. The van der Waals surface area contributed by atoms with Gasteiger partial charge in [-0.2, -0.15) is 0 Å². The molecule has 0 aliphatic heterocycles. The van der Waals surface area contributed by atoms with Crippen LogP contribution in [-0.4, -0.2) is 0 Å². The summed E-state index contributed by atoms with van der Waals surface area (Å²) in [4.78, 5) is 6.10. The van der Waals surface area contributed by atoms with Crippen LogP contribution in [0.5, 0.6) is 0 Å². The Morgan fingerprint density at radius 1 is 0.667 bits per heavy atom. The number of hydrogen-bond donors (Lipinski definition) is 1. The molecule has 12 heavy (non-hydrogen) atoms. The summed E-state index contributed by atoms with van der Waals surface area (Å²) in [5.74, 6) is 0. The molecule has 0 aliphatic carbocycles. The van der Waals surface area contributed by atoms with Gasteiger partial charge in [-0.05, 0) is 0 Å². The van der Waals surface area contributed by atoms with Gasteiger partial charge >= 0.3 is 63.0 Å². The van der Waals surface area contributed by atoms with Crippen molar-refractivity contribution >= 4 is 24.8 Å². The van der Waals surface area contributed by atoms with E-state index in [1.807, 2.05) is 0 Å². The zero-order chi connectivity index (χ0) is 7.33. The van der Waals surface area contributed by atoms with Crippen molar-refractivity contribution in [3.05, 3.63) is 0 Å². The third-order valence-corrected chi connectivity index (χ3v) is 15.5. The molecule has 1 nitrogen and oxygen atoms in total. The SMILES string of the molecule is C[CH2][Pt]([CH2]C)([CH2]C)[CH2]C.Cl.Cl.N. The van der Waals surface area contributed by atoms with Crippen molar-refractivity contribution < 1.29 is 16.1 Å². The van der Waals surface area contributed by atoms with Gasteiger partial charge in [-0.25, -0.2) is 0 Å². The monoisotopic (exact) mass is 400 g/mol. The van der Waals surface area contributed by atoms with Crippen LogP contribution >= 0.6 is 24.8 Å². The molecule has 0 spiro atoms. The molecular formula is C8H25Cl2NPt. The van der Waals surface area contributed by atoms with Crippen LogP contribution in [0.1, 0.15) is 27.7 Å². The molecule has 0 unspecified atom stereocenters. The second-order valence-corrected chi connectivity index (χ2v) is 15.1. The molecule has 0 aromatic carbocycles. The quantitative estimate of drug-likeness (QED) is 0.715. The molecule has 0 aromatic rings. The van der Waals surface area contributed by atoms with Crippen molar-refractivity contribution in [2.75, 3.05) is 0 Å². The van der Waals surface area contributed by atoms with Gasteiger partial charge in [0.15, 0.2) is 0 Å². The Balaban J connectivity index is -0.000000107. The molecule has 4 heteroatoms. The van der Waals surface area contributed by atoms with Gasteiger partial charge in [0.25, 0.3) is 0 Å². The molecular weight excluding hydrogens is 376 g/mol. The largest absolute Gasteiger partial charge is 0.344 e. The van der Waals surface area contributed by atoms with Crippen LogP contribution in [0.2, 0.25) is 19.2 Å². The second-order valence-electron chi connectivity index (χ2n) is 1.84. The molecule has 0 rings (SSSR count). The molecule has 0 aliphatic rings. The molecule has 0 saturated carbocycles. The Hall–Kier alpha value is 1.23. The summed E-state index contributed by atoms with van der Waals surface area (Å²) in [7, 11) is 0. The van der Waals surface area contributed by atoms with Crippen LogP contribution < -0.4 is 6.15 Å². The fourth-order valence-electron chi connectivity index (χ4n) is 0.949. The van der Waals surface area contributed by atoms with E-state index in [0.29, 0.717) is 0 Å². The van der Waals surface area contributed by atoms with Crippen molar-refractivity contribution in [2.24, 2.45) is 0 Å². The van der Waals surface area contributed by atoms with Gasteiger partial charge in [0.05, 0.1) is 0 Å². The minimum absolute atomic E-state index is 0. The third-order valence-electron chi connectivity index (χ3n) is 1.90. The van der Waals surface area contributed by atoms with Gasteiger partial charge in [-0.3, -0.25) is 0 Å². The van der Waals surface area contributed by atoms with Crippen LogP contribution in [-0.2, 0) is 16.1 Å². The minimum Gasteiger partial charge on any atom is -0.344 e. The van der Waals surface area contributed by atoms with Crippen LogP contribution in [0.15, 0.2) is 0 Å². The fraction of sp³-hybridized carbons (Fsp3) is 1.00. The van der Waals surface area contributed by atoms with Gasteiger partial charge in [-0.1, -0.05) is 0 Å². The Kier molecular flexibility index (Phi) is 23.7. The van der Waals surface area contributed by atoms with E-state index < -0.39 is 16.1 Å². The summed E-state index contributed by atoms with van der Waals surface area (Å²) < 4.78 is 0. The molecule has 86 valence electrons. The average molecular weight is 401 g/mol. The van der Waals surface area contributed by atoms with Crippen molar-refractivity contribution in [1.82, 2.24) is 6.15 Å². The molecule has 3 N–H and O–H groups in total. The van der Waals surface area contributed by atoms with Gasteiger partial charge in [0.1, 0.15) is 0 Å². The van der Waals surface area contributed by atoms with Gasteiger partial charge < -0.3 is 6.15 Å². The van der Waals surface area contributed by atoms with E-state index in [-0.39, 0.29) is 31.0 Å². The second kappa shape index (κ2) is 12.2. The molecule has 0 radical (unpaired) electrons. The Bertz CT molecular complexity index is 59.9. The summed E-state index contributed by atoms with van der Waals surface area (Å²) >= 11 is -1.10. The first-order valence-corrected chi connectivity index (χ1v) is 10.1. The first-order valence-electron chi connectivity index (χ1n) is 3.72. The topological polar surface area (TPSA) is 35.0 Å². The van der Waals surface area contributed by atoms with E-state index in [2.05, 4.69) is 27.7 Å². The molecule has 0 saturated heterocycles. The zero-order valence-corrected chi connectivity index (χ0v) is 12.6. The standard InChI is InChI=1S/4C2H5.2ClH.H3N.Pt/c4*1-2;;;;/h4*1H2,2H3;2*1H;1H3;. The fourth-order valence-corrected chi connectivity index (χ4v) is 7.77. The van der Waals surface area contributed by atoms with E-state index in [4.69, 9.17) is 0 Å². The summed E-state index contributed by atoms with van der Waals surface area (Å²) in [6.45, 7) is 9.53. The summed E-state index contributed by atoms with van der Waals surface area (Å²) in [5, 5.41) is 0. The molecule has 0 aromatic heterocycles. The van der Waals surface area contributed by atoms with E-state index in [0.717, 1.165) is 0 Å². The molecule has 0 atom stereocenters. The summed E-state index contributed by atoms with van der Waals surface area (Å²) in [6, 6.07) is 0. The van der Waals surface area contributed by atoms with E-state index in [1.165, 1.54) is 19.2 Å². The Morgan fingerprint density at radius 2 is 0.833 bits per heavy atom. The van der Waals surface area contributed by atoms with Crippen molar-refractivity contribution in [2.45, 2.75) is 46.9 Å². The van der Waals surface area contributed by atoms with Crippen molar-refractivity contribution in [3.63, 3.8) is 0 Å². The minimum atomic E-state index is -1.10. The van der Waals surface area contributed by atoms with E-state index in [9.17, 15) is 0 Å². The summed E-state index contributed by atoms with van der Waals surface area (Å²) in [6.07, 6.45) is 0. The maximum absolute atomic E-state index is 2.38. The molecule has 0 fully saturated rings. The summed E-state index contributed by atoms with van der Waals surface area (Å²) in [5.41, 5.74) is 0. The Labute approximate surface area is 93.7 Å². The maximum Gasteiger partial charge on any atom is -0.147 e. The smallest absolute Gasteiger partial charge is 0.147 e. The Morgan fingerprint density at radius 3 is 0.833 bits per heavy atom.